The van der Waals surface area contributed by atoms with E-state index in [4.69, 9.17) is 5.11 Å². The first-order chi connectivity index (χ1) is 46.5. The minimum Gasteiger partial charge on any atom is -0.508 e. The van der Waals surface area contributed by atoms with Gasteiger partial charge in [0, 0.05) is 104 Å². The highest BCUT2D eigenvalue weighted by molar-refractivity contribution is 5.94. The molecule has 1 aliphatic heterocycles. The van der Waals surface area contributed by atoms with Crippen LogP contribution in [0, 0.1) is 12.8 Å². The molecule has 2 aromatic rings. The summed E-state index contributed by atoms with van der Waals surface area (Å²) in [6.07, 6.45) is 2.91. The standard InChI is InChI=1S/C66H97N9O23.CH4/c1-43-36-45(21-24-53(43)77)38-51(68-56(80)25-23-52(65(96)97)75-34-32-73(41-59(85)86)30-28-72(40-58(83)84)29-31-74(33-35-75)42-60(87)88)61(89)69-50(37-44-14-6-4-7-15-44)54(78)39-46(62(90)91)16-8-5-10-18-47(76)17-9-2-3-11-20-55(79)67-27-13-12-19-48(63(92)93)70-66(98)71-49(64(94)95)22-26-57(81)82;/h4,6-7,14-15,21,24,36,46,48-52,77H,2-3,5,8-13,16-20,22-23,25-35,37-42H2,1H3,(H,67,79)(H,68,80)(H,69,89)(H,81,82)(H,83,84)(H,85,86)(H,87,88)(H,90,91)(H,92,93)(H,94,95)(H,96,97)(H2,70,71,98);1H4. The Hall–Kier alpha value is -9.14. The number of nitrogens with zero attached hydrogens (tertiary/aromatic N) is 4. The van der Waals surface area contributed by atoms with Crippen LogP contribution in [0.15, 0.2) is 48.5 Å². The summed E-state index contributed by atoms with van der Waals surface area (Å²) >= 11 is 0. The number of unbranched alkanes of at least 4 members (excludes halogenated alkanes) is 6. The molecule has 99 heavy (non-hydrogen) atoms. The number of carbonyl (C=O) groups excluding carboxylic acids is 6. The second kappa shape index (κ2) is 47.0. The number of urea groups is 1. The first kappa shape index (κ1) is 85.9. The zero-order valence-corrected chi connectivity index (χ0v) is 55.4. The number of Topliss-reactive ketones (excluding diaryl/α,β-unsaturated/α-hetero) is 2. The summed E-state index contributed by atoms with van der Waals surface area (Å²) in [5.41, 5.74) is 1.55. The number of phenolic OH excluding ortho intramolecular Hbond substituents is 1. The van der Waals surface area contributed by atoms with Crippen molar-refractivity contribution in [2.75, 3.05) is 78.5 Å². The van der Waals surface area contributed by atoms with Crippen LogP contribution in [-0.2, 0) is 75.2 Å². The van der Waals surface area contributed by atoms with Crippen LogP contribution in [-0.4, -0.2) is 257 Å². The van der Waals surface area contributed by atoms with E-state index in [1.807, 2.05) is 0 Å². The van der Waals surface area contributed by atoms with E-state index in [0.29, 0.717) is 74.5 Å². The number of hydrogen-bond acceptors (Lipinski definition) is 19. The lowest BCUT2D eigenvalue weighted by atomic mass is 9.90. The van der Waals surface area contributed by atoms with E-state index in [1.165, 1.54) is 26.8 Å². The summed E-state index contributed by atoms with van der Waals surface area (Å²) < 4.78 is 0. The van der Waals surface area contributed by atoms with Gasteiger partial charge < -0.3 is 72.5 Å². The molecule has 0 saturated carbocycles. The zero-order chi connectivity index (χ0) is 72.7. The summed E-state index contributed by atoms with van der Waals surface area (Å²) in [6.45, 7) is 0.839. The van der Waals surface area contributed by atoms with Crippen molar-refractivity contribution < 1.29 is 113 Å². The second-order valence-electron chi connectivity index (χ2n) is 24.6. The molecule has 0 spiro atoms. The molecule has 0 aliphatic carbocycles. The number of rotatable bonds is 47. The smallest absolute Gasteiger partial charge is 0.326 e. The van der Waals surface area contributed by atoms with Gasteiger partial charge in [-0.2, -0.15) is 0 Å². The largest absolute Gasteiger partial charge is 0.508 e. The summed E-state index contributed by atoms with van der Waals surface area (Å²) in [7, 11) is 0. The Kier molecular flexibility index (Phi) is 40.8. The van der Waals surface area contributed by atoms with Gasteiger partial charge in [0.2, 0.25) is 17.7 Å². The third kappa shape index (κ3) is 36.9. The SMILES string of the molecule is C.Cc1cc(CC(NC(=O)CCC(C(=O)O)N2CCN(CC(=O)O)CCN(CC(=O)O)CCN(CC(=O)O)CC2)C(=O)NC(Cc2ccccc2)C(=O)CC(CCCCCC(=O)CCCCCCC(=O)NCCCCC(NC(=O)NC(CCC(=O)O)C(=O)O)C(=O)O)C(=O)O)ccc1O. The Labute approximate surface area is 575 Å². The van der Waals surface area contributed by atoms with Gasteiger partial charge in [0.25, 0.3) is 0 Å². The molecule has 1 aliphatic rings. The lowest BCUT2D eigenvalue weighted by Crippen LogP contribution is -2.54. The van der Waals surface area contributed by atoms with Crippen molar-refractivity contribution >= 4 is 83.1 Å². The van der Waals surface area contributed by atoms with Crippen molar-refractivity contribution in [1.82, 2.24) is 46.2 Å². The van der Waals surface area contributed by atoms with Gasteiger partial charge in [-0.15, -0.1) is 0 Å². The van der Waals surface area contributed by atoms with Gasteiger partial charge in [-0.25, -0.2) is 14.4 Å². The molecule has 1 heterocycles. The molecule has 1 fully saturated rings. The molecular weight excluding hydrogens is 1300 g/mol. The van der Waals surface area contributed by atoms with Crippen LogP contribution in [0.1, 0.15) is 146 Å². The fourth-order valence-corrected chi connectivity index (χ4v) is 11.2. The van der Waals surface area contributed by atoms with E-state index in [9.17, 15) is 108 Å². The van der Waals surface area contributed by atoms with Crippen molar-refractivity contribution in [1.29, 1.82) is 0 Å². The highest BCUT2D eigenvalue weighted by Crippen LogP contribution is 2.22. The maximum atomic E-state index is 14.6. The van der Waals surface area contributed by atoms with Crippen LogP contribution in [0.4, 0.5) is 4.79 Å². The normalized spacial score (nSPS) is 15.2. The predicted molar refractivity (Wildman–Crippen MR) is 357 cm³/mol. The highest BCUT2D eigenvalue weighted by Gasteiger charge is 2.33. The number of aliphatic carboxylic acids is 8. The number of aromatic hydroxyl groups is 1. The molecule has 1 saturated heterocycles. The van der Waals surface area contributed by atoms with Crippen molar-refractivity contribution in [2.45, 2.75) is 179 Å². The van der Waals surface area contributed by atoms with Crippen LogP contribution in [0.5, 0.6) is 5.75 Å². The summed E-state index contributed by atoms with van der Waals surface area (Å²) in [6, 6.07) is 5.08. The molecule has 14 N–H and O–H groups in total. The lowest BCUT2D eigenvalue weighted by molar-refractivity contribution is -0.145. The van der Waals surface area contributed by atoms with E-state index in [-0.39, 0.29) is 142 Å². The number of phenols is 1. The number of benzene rings is 2. The van der Waals surface area contributed by atoms with Gasteiger partial charge in [0.05, 0.1) is 31.6 Å². The van der Waals surface area contributed by atoms with Crippen molar-refractivity contribution in [2.24, 2.45) is 5.92 Å². The second-order valence-corrected chi connectivity index (χ2v) is 24.6. The third-order valence-corrected chi connectivity index (χ3v) is 16.7. The fraction of sp³-hybridized carbons (Fsp3) is 0.612. The minimum absolute atomic E-state index is 0. The first-order valence-electron chi connectivity index (χ1n) is 33.0. The number of aryl methyl sites for hydroxylation is 1. The molecule has 32 nitrogen and oxygen atoms in total. The Bertz CT molecular complexity index is 2960. The predicted octanol–water partition coefficient (Wildman–Crippen LogP) is 2.68. The molecule has 0 aromatic heterocycles. The third-order valence-electron chi connectivity index (χ3n) is 16.7. The van der Waals surface area contributed by atoms with Crippen LogP contribution >= 0.6 is 0 Å². The van der Waals surface area contributed by atoms with E-state index in [0.717, 1.165) is 0 Å². The lowest BCUT2D eigenvalue weighted by Gasteiger charge is -2.35. The molecule has 6 atom stereocenters. The van der Waals surface area contributed by atoms with Crippen molar-refractivity contribution in [3.8, 4) is 5.75 Å². The van der Waals surface area contributed by atoms with Gasteiger partial charge >= 0.3 is 53.8 Å². The molecule has 32 heteroatoms. The summed E-state index contributed by atoms with van der Waals surface area (Å²) in [4.78, 5) is 181. The topological polar surface area (TPSA) is 494 Å². The fourth-order valence-electron chi connectivity index (χ4n) is 11.2. The maximum Gasteiger partial charge on any atom is 0.326 e. The quantitative estimate of drug-likeness (QED) is 0.0424. The molecule has 5 amide bonds. The molecule has 6 unspecified atom stereocenters. The maximum absolute atomic E-state index is 14.6. The van der Waals surface area contributed by atoms with Gasteiger partial charge in [0.15, 0.2) is 5.78 Å². The number of ketones is 2. The zero-order valence-electron chi connectivity index (χ0n) is 55.4. The van der Waals surface area contributed by atoms with E-state index >= 15 is 0 Å². The highest BCUT2D eigenvalue weighted by atomic mass is 16.4. The molecule has 3 rings (SSSR count). The minimum atomic E-state index is -1.54. The Morgan fingerprint density at radius 2 is 0.949 bits per heavy atom. The molecule has 2 aromatic carbocycles. The number of nitrogens with one attached hydrogen (secondary N) is 5. The molecular formula is C67H101N9O23. The average molecular weight is 1400 g/mol. The van der Waals surface area contributed by atoms with Crippen LogP contribution in [0.2, 0.25) is 0 Å². The van der Waals surface area contributed by atoms with Crippen molar-refractivity contribution in [3.05, 3.63) is 65.2 Å². The summed E-state index contributed by atoms with van der Waals surface area (Å²) in [5, 5.41) is 100. The number of hydrogen-bond donors (Lipinski definition) is 14. The molecule has 552 valence electrons. The van der Waals surface area contributed by atoms with Crippen LogP contribution in [0.25, 0.3) is 0 Å². The molecule has 0 bridgehead atoms. The Morgan fingerprint density at radius 1 is 0.444 bits per heavy atom. The number of carboxylic acids is 8. The van der Waals surface area contributed by atoms with Gasteiger partial charge in [-0.3, -0.25) is 72.3 Å². The van der Waals surface area contributed by atoms with Crippen molar-refractivity contribution in [3.63, 3.8) is 0 Å². The average Bonchev–Trinajstić information content (AvgIpc) is 0.862. The van der Waals surface area contributed by atoms with Crippen LogP contribution < -0.4 is 26.6 Å². The van der Waals surface area contributed by atoms with E-state index < -0.39 is 146 Å². The monoisotopic (exact) mass is 1400 g/mol. The Morgan fingerprint density at radius 3 is 1.45 bits per heavy atom. The van der Waals surface area contributed by atoms with E-state index in [2.05, 4.69) is 26.6 Å². The van der Waals surface area contributed by atoms with Gasteiger partial charge in [0.1, 0.15) is 35.7 Å². The number of carbonyl (C=O) groups is 14. The van der Waals surface area contributed by atoms with Gasteiger partial charge in [-0.05, 0) is 93.9 Å². The number of amides is 5. The molecule has 0 radical (unpaired) electrons. The number of carboxylic acid groups (broad SMARTS) is 8. The Balaban J connectivity index is 0.0000333. The van der Waals surface area contributed by atoms with E-state index in [1.54, 1.807) is 48.2 Å². The summed E-state index contributed by atoms with van der Waals surface area (Å²) in [5.74, 6) is -13.8. The first-order valence-corrected chi connectivity index (χ1v) is 33.0. The van der Waals surface area contributed by atoms with Crippen LogP contribution in [0.3, 0.4) is 0 Å². The van der Waals surface area contributed by atoms with Gasteiger partial charge in [-0.1, -0.05) is 75.6 Å².